The zero-order valence-corrected chi connectivity index (χ0v) is 14.6. The molecule has 0 aliphatic rings. The minimum atomic E-state index is 0.0698. The van der Waals surface area contributed by atoms with Gasteiger partial charge in [-0.1, -0.05) is 32.0 Å². The normalized spacial score (nSPS) is 11.2. The van der Waals surface area contributed by atoms with E-state index in [0.29, 0.717) is 13.0 Å². The Hall–Kier alpha value is -1.94. The molecule has 1 heterocycles. The van der Waals surface area contributed by atoms with E-state index in [0.717, 1.165) is 47.4 Å². The van der Waals surface area contributed by atoms with Gasteiger partial charge in [0.25, 0.3) is 0 Å². The fourth-order valence-electron chi connectivity index (χ4n) is 2.95. The van der Waals surface area contributed by atoms with Crippen molar-refractivity contribution in [2.24, 2.45) is 0 Å². The van der Waals surface area contributed by atoms with E-state index < -0.39 is 0 Å². The van der Waals surface area contributed by atoms with Crippen LogP contribution in [-0.2, 0) is 11.2 Å². The lowest BCUT2D eigenvalue weighted by Crippen LogP contribution is -2.35. The number of para-hydroxylation sites is 1. The lowest BCUT2D eigenvalue weighted by atomic mass is 9.99. The number of aromatic nitrogens is 1. The molecule has 124 valence electrons. The van der Waals surface area contributed by atoms with Gasteiger partial charge in [-0.3, -0.25) is 9.78 Å². The van der Waals surface area contributed by atoms with Gasteiger partial charge in [0.1, 0.15) is 0 Å². The maximum atomic E-state index is 12.3. The van der Waals surface area contributed by atoms with Gasteiger partial charge in [-0.25, -0.2) is 0 Å². The van der Waals surface area contributed by atoms with Gasteiger partial charge in [0.2, 0.25) is 5.91 Å². The molecule has 1 N–H and O–H groups in total. The van der Waals surface area contributed by atoms with Gasteiger partial charge in [0, 0.05) is 24.2 Å². The molecule has 0 radical (unpaired) electrons. The van der Waals surface area contributed by atoms with Crippen LogP contribution in [0, 0.1) is 13.8 Å². The molecule has 0 spiro atoms. The molecular weight excluding hydrogens is 286 g/mol. The third-order valence-electron chi connectivity index (χ3n) is 4.47. The molecule has 0 atom stereocenters. The van der Waals surface area contributed by atoms with Crippen LogP contribution in [0.4, 0.5) is 0 Å². The van der Waals surface area contributed by atoms with E-state index in [9.17, 15) is 4.79 Å². The molecule has 0 unspecified atom stereocenters. The van der Waals surface area contributed by atoms with Crippen LogP contribution in [0.3, 0.4) is 0 Å². The average molecular weight is 313 g/mol. The quantitative estimate of drug-likeness (QED) is 0.855. The number of carbonyl (C=O) groups excluding carboxylic acids is 1. The second-order valence-electron chi connectivity index (χ2n) is 5.87. The lowest BCUT2D eigenvalue weighted by Gasteiger charge is -2.18. The van der Waals surface area contributed by atoms with Gasteiger partial charge in [-0.05, 0) is 44.1 Å². The zero-order chi connectivity index (χ0) is 16.8. The Morgan fingerprint density at radius 2 is 1.87 bits per heavy atom. The molecule has 4 heteroatoms. The summed E-state index contributed by atoms with van der Waals surface area (Å²) in [6, 6.07) is 8.09. The Morgan fingerprint density at radius 3 is 2.57 bits per heavy atom. The molecular formula is C19H27N3O. The van der Waals surface area contributed by atoms with E-state index in [2.05, 4.69) is 42.0 Å². The molecule has 0 aliphatic carbocycles. The minimum Gasteiger partial charge on any atom is -0.355 e. The Morgan fingerprint density at radius 1 is 1.17 bits per heavy atom. The number of nitrogens with one attached hydrogen (secondary N) is 1. The van der Waals surface area contributed by atoms with E-state index in [1.807, 2.05) is 25.1 Å². The summed E-state index contributed by atoms with van der Waals surface area (Å²) in [4.78, 5) is 19.2. The minimum absolute atomic E-state index is 0.0698. The predicted molar refractivity (Wildman–Crippen MR) is 95.7 cm³/mol. The first-order valence-electron chi connectivity index (χ1n) is 8.40. The standard InChI is InChI=1S/C19H27N3O/c1-5-22(6-2)12-11-20-19(23)13-17-14(3)16-9-7-8-10-18(16)21-15(17)4/h7-10H,5-6,11-13H2,1-4H3,(H,20,23). The van der Waals surface area contributed by atoms with E-state index in [-0.39, 0.29) is 5.91 Å². The molecule has 1 amide bonds. The number of amides is 1. The van der Waals surface area contributed by atoms with E-state index in [4.69, 9.17) is 0 Å². The van der Waals surface area contributed by atoms with Crippen molar-refractivity contribution in [3.8, 4) is 0 Å². The smallest absolute Gasteiger partial charge is 0.224 e. The Labute approximate surface area is 138 Å². The molecule has 0 fully saturated rings. The van der Waals surface area contributed by atoms with Crippen molar-refractivity contribution >= 4 is 16.8 Å². The van der Waals surface area contributed by atoms with Crippen LogP contribution in [-0.4, -0.2) is 42.0 Å². The molecule has 0 saturated carbocycles. The van der Waals surface area contributed by atoms with Crippen molar-refractivity contribution in [1.29, 1.82) is 0 Å². The predicted octanol–water partition coefficient (Wildman–Crippen LogP) is 2.85. The molecule has 0 saturated heterocycles. The number of pyridine rings is 1. The summed E-state index contributed by atoms with van der Waals surface area (Å²) < 4.78 is 0. The number of fused-ring (bicyclic) bond motifs is 1. The zero-order valence-electron chi connectivity index (χ0n) is 14.6. The number of hydrogen-bond donors (Lipinski definition) is 1. The van der Waals surface area contributed by atoms with Crippen LogP contribution >= 0.6 is 0 Å². The maximum absolute atomic E-state index is 12.3. The molecule has 2 rings (SSSR count). The largest absolute Gasteiger partial charge is 0.355 e. The van der Waals surface area contributed by atoms with Gasteiger partial charge >= 0.3 is 0 Å². The van der Waals surface area contributed by atoms with Crippen molar-refractivity contribution in [3.63, 3.8) is 0 Å². The maximum Gasteiger partial charge on any atom is 0.224 e. The van der Waals surface area contributed by atoms with E-state index >= 15 is 0 Å². The fourth-order valence-corrected chi connectivity index (χ4v) is 2.95. The van der Waals surface area contributed by atoms with Crippen LogP contribution in [0.5, 0.6) is 0 Å². The third-order valence-corrected chi connectivity index (χ3v) is 4.47. The van der Waals surface area contributed by atoms with Crippen molar-refractivity contribution in [1.82, 2.24) is 15.2 Å². The highest BCUT2D eigenvalue weighted by atomic mass is 16.1. The molecule has 1 aromatic heterocycles. The number of likely N-dealkylation sites (N-methyl/N-ethyl adjacent to an activating group) is 1. The third kappa shape index (κ3) is 4.29. The highest BCUT2D eigenvalue weighted by molar-refractivity contribution is 5.86. The summed E-state index contributed by atoms with van der Waals surface area (Å²) in [6.07, 6.45) is 0.397. The van der Waals surface area contributed by atoms with E-state index in [1.165, 1.54) is 0 Å². The second kappa shape index (κ2) is 8.06. The Bertz CT molecular complexity index is 678. The van der Waals surface area contributed by atoms with Gasteiger partial charge in [-0.15, -0.1) is 0 Å². The Kier molecular flexibility index (Phi) is 6.11. The number of hydrogen-bond acceptors (Lipinski definition) is 3. The number of benzene rings is 1. The summed E-state index contributed by atoms with van der Waals surface area (Å²) in [5.41, 5.74) is 4.14. The molecule has 0 bridgehead atoms. The molecule has 0 aliphatic heterocycles. The van der Waals surface area contributed by atoms with Crippen LogP contribution < -0.4 is 5.32 Å². The van der Waals surface area contributed by atoms with Gasteiger partial charge in [0.15, 0.2) is 0 Å². The summed E-state index contributed by atoms with van der Waals surface area (Å²) in [7, 11) is 0. The first-order valence-corrected chi connectivity index (χ1v) is 8.40. The SMILES string of the molecule is CCN(CC)CCNC(=O)Cc1c(C)nc2ccccc2c1C. The highest BCUT2D eigenvalue weighted by Gasteiger charge is 2.12. The summed E-state index contributed by atoms with van der Waals surface area (Å²) in [5.74, 6) is 0.0698. The van der Waals surface area contributed by atoms with E-state index in [1.54, 1.807) is 0 Å². The van der Waals surface area contributed by atoms with Crippen LogP contribution in [0.15, 0.2) is 24.3 Å². The van der Waals surface area contributed by atoms with Crippen LogP contribution in [0.2, 0.25) is 0 Å². The topological polar surface area (TPSA) is 45.2 Å². The van der Waals surface area contributed by atoms with Gasteiger partial charge in [0.05, 0.1) is 11.9 Å². The molecule has 23 heavy (non-hydrogen) atoms. The van der Waals surface area contributed by atoms with Gasteiger partial charge < -0.3 is 10.2 Å². The highest BCUT2D eigenvalue weighted by Crippen LogP contribution is 2.22. The second-order valence-corrected chi connectivity index (χ2v) is 5.87. The van der Waals surface area contributed by atoms with Crippen molar-refractivity contribution in [2.45, 2.75) is 34.1 Å². The van der Waals surface area contributed by atoms with Crippen LogP contribution in [0.25, 0.3) is 10.9 Å². The molecule has 1 aromatic carbocycles. The Balaban J connectivity index is 2.05. The van der Waals surface area contributed by atoms with Gasteiger partial charge in [-0.2, -0.15) is 0 Å². The average Bonchev–Trinajstić information content (AvgIpc) is 2.55. The number of nitrogens with zero attached hydrogens (tertiary/aromatic N) is 2. The van der Waals surface area contributed by atoms with Crippen molar-refractivity contribution in [3.05, 3.63) is 41.1 Å². The summed E-state index contributed by atoms with van der Waals surface area (Å²) in [6.45, 7) is 12.0. The van der Waals surface area contributed by atoms with Crippen LogP contribution in [0.1, 0.15) is 30.7 Å². The molecule has 2 aromatic rings. The van der Waals surface area contributed by atoms with Crippen molar-refractivity contribution < 1.29 is 4.79 Å². The summed E-state index contributed by atoms with van der Waals surface area (Å²) >= 11 is 0. The summed E-state index contributed by atoms with van der Waals surface area (Å²) in [5, 5.41) is 4.15. The van der Waals surface area contributed by atoms with Crippen molar-refractivity contribution in [2.75, 3.05) is 26.2 Å². The number of carbonyl (C=O) groups is 1. The first-order chi connectivity index (χ1) is 11.1. The number of aryl methyl sites for hydroxylation is 2. The first kappa shape index (κ1) is 17.4. The fraction of sp³-hybridized carbons (Fsp3) is 0.474. The lowest BCUT2D eigenvalue weighted by molar-refractivity contribution is -0.120. The molecule has 4 nitrogen and oxygen atoms in total. The monoisotopic (exact) mass is 313 g/mol. The number of rotatable bonds is 7.